The molecule has 1 N–H and O–H groups in total. The smallest absolute Gasteiger partial charge is 0.366 e. The third-order valence-electron chi connectivity index (χ3n) is 2.79. The van der Waals surface area contributed by atoms with E-state index >= 15 is 0 Å². The van der Waals surface area contributed by atoms with Crippen LogP contribution >= 0.6 is 11.6 Å². The van der Waals surface area contributed by atoms with Crippen molar-refractivity contribution < 1.29 is 13.2 Å². The van der Waals surface area contributed by atoms with Crippen LogP contribution < -0.4 is 5.32 Å². The lowest BCUT2D eigenvalue weighted by atomic mass is 10.1. The molecule has 0 saturated carbocycles. The molecule has 0 amide bonds. The largest absolute Gasteiger partial charge is 0.417 e. The minimum Gasteiger partial charge on any atom is -0.366 e. The monoisotopic (exact) mass is 294 g/mol. The number of aromatic nitrogens is 1. The molecule has 0 bridgehead atoms. The summed E-state index contributed by atoms with van der Waals surface area (Å²) in [6.45, 7) is 4.08. The number of nitrogens with zero attached hydrogens (tertiary/aromatic N) is 1. The molecule has 1 aromatic rings. The first-order chi connectivity index (χ1) is 8.84. The normalized spacial score (nSPS) is 13.4. The molecular formula is C13H18ClF3N2. The Morgan fingerprint density at radius 1 is 1.37 bits per heavy atom. The van der Waals surface area contributed by atoms with Gasteiger partial charge in [-0.3, -0.25) is 0 Å². The molecule has 0 radical (unpaired) electrons. The van der Waals surface area contributed by atoms with Crippen LogP contribution in [0.15, 0.2) is 12.3 Å². The summed E-state index contributed by atoms with van der Waals surface area (Å²) in [6.07, 6.45) is 0.664. The van der Waals surface area contributed by atoms with Gasteiger partial charge in [0.15, 0.2) is 0 Å². The molecule has 1 rings (SSSR count). The zero-order valence-electron chi connectivity index (χ0n) is 11.0. The molecule has 0 aliphatic heterocycles. The molecule has 19 heavy (non-hydrogen) atoms. The van der Waals surface area contributed by atoms with Crippen molar-refractivity contribution in [3.05, 3.63) is 22.8 Å². The van der Waals surface area contributed by atoms with E-state index < -0.39 is 11.7 Å². The van der Waals surface area contributed by atoms with E-state index in [1.807, 2.05) is 6.92 Å². The highest BCUT2D eigenvalue weighted by atomic mass is 35.5. The molecular weight excluding hydrogens is 277 g/mol. The van der Waals surface area contributed by atoms with Gasteiger partial charge in [0.25, 0.3) is 0 Å². The lowest BCUT2D eigenvalue weighted by molar-refractivity contribution is -0.137. The van der Waals surface area contributed by atoms with E-state index in [1.165, 1.54) is 0 Å². The Kier molecular flexibility index (Phi) is 5.91. The number of unbranched alkanes of at least 4 members (excludes halogenated alkanes) is 2. The molecule has 0 aromatic carbocycles. The van der Waals surface area contributed by atoms with E-state index in [0.29, 0.717) is 5.82 Å². The maximum absolute atomic E-state index is 12.4. The van der Waals surface area contributed by atoms with Crippen LogP contribution in [0.25, 0.3) is 0 Å². The van der Waals surface area contributed by atoms with Crippen molar-refractivity contribution in [2.24, 2.45) is 0 Å². The van der Waals surface area contributed by atoms with Crippen molar-refractivity contribution in [1.82, 2.24) is 4.98 Å². The van der Waals surface area contributed by atoms with Gasteiger partial charge in [-0.25, -0.2) is 4.98 Å². The zero-order chi connectivity index (χ0) is 14.5. The van der Waals surface area contributed by atoms with Gasteiger partial charge < -0.3 is 5.32 Å². The van der Waals surface area contributed by atoms with Crippen LogP contribution in [0.3, 0.4) is 0 Å². The summed E-state index contributed by atoms with van der Waals surface area (Å²) in [5, 5.41) is 3.03. The first-order valence-corrected chi connectivity index (χ1v) is 6.71. The Morgan fingerprint density at radius 2 is 2.05 bits per heavy atom. The van der Waals surface area contributed by atoms with Gasteiger partial charge in [0.2, 0.25) is 0 Å². The van der Waals surface area contributed by atoms with Gasteiger partial charge in [0, 0.05) is 12.2 Å². The van der Waals surface area contributed by atoms with Crippen molar-refractivity contribution in [2.75, 3.05) is 5.32 Å². The molecule has 0 spiro atoms. The second-order valence-electron chi connectivity index (χ2n) is 4.59. The molecule has 1 unspecified atom stereocenters. The van der Waals surface area contributed by atoms with Gasteiger partial charge in [-0.05, 0) is 19.4 Å². The molecule has 2 nitrogen and oxygen atoms in total. The molecule has 108 valence electrons. The second kappa shape index (κ2) is 6.98. The van der Waals surface area contributed by atoms with Gasteiger partial charge >= 0.3 is 6.18 Å². The minimum absolute atomic E-state index is 0.00262. The number of anilines is 1. The van der Waals surface area contributed by atoms with Gasteiger partial charge in [-0.1, -0.05) is 37.8 Å². The Labute approximate surface area is 116 Å². The van der Waals surface area contributed by atoms with Gasteiger partial charge in [-0.15, -0.1) is 0 Å². The number of halogens is 4. The van der Waals surface area contributed by atoms with Crippen LogP contribution in [-0.2, 0) is 6.18 Å². The van der Waals surface area contributed by atoms with Gasteiger partial charge in [0.1, 0.15) is 5.82 Å². The Bertz CT molecular complexity index is 407. The Hall–Kier alpha value is -0.970. The number of hydrogen-bond acceptors (Lipinski definition) is 2. The third-order valence-corrected chi connectivity index (χ3v) is 3.08. The van der Waals surface area contributed by atoms with Crippen molar-refractivity contribution in [3.8, 4) is 0 Å². The summed E-state index contributed by atoms with van der Waals surface area (Å²) in [7, 11) is 0. The maximum atomic E-state index is 12.4. The van der Waals surface area contributed by atoms with Crippen molar-refractivity contribution in [1.29, 1.82) is 0 Å². The number of pyridine rings is 1. The Morgan fingerprint density at radius 3 is 2.58 bits per heavy atom. The van der Waals surface area contributed by atoms with Crippen LogP contribution in [0.2, 0.25) is 5.02 Å². The lowest BCUT2D eigenvalue weighted by Crippen LogP contribution is -2.16. The van der Waals surface area contributed by atoms with Crippen LogP contribution in [0, 0.1) is 0 Å². The minimum atomic E-state index is -4.41. The van der Waals surface area contributed by atoms with E-state index in [1.54, 1.807) is 0 Å². The summed E-state index contributed by atoms with van der Waals surface area (Å²) < 4.78 is 37.3. The lowest BCUT2D eigenvalue weighted by Gasteiger charge is -2.16. The first kappa shape index (κ1) is 16.1. The topological polar surface area (TPSA) is 24.9 Å². The fraction of sp³-hybridized carbons (Fsp3) is 0.615. The highest BCUT2D eigenvalue weighted by Crippen LogP contribution is 2.32. The quantitative estimate of drug-likeness (QED) is 0.735. The number of rotatable bonds is 6. The summed E-state index contributed by atoms with van der Waals surface area (Å²) >= 11 is 5.82. The summed E-state index contributed by atoms with van der Waals surface area (Å²) in [4.78, 5) is 3.75. The molecule has 0 saturated heterocycles. The standard InChI is InChI=1S/C13H18ClF3N2/c1-3-4-5-6-9(2)19-12-11(14)7-10(8-18-12)13(15,16)17/h7-9H,3-6H2,1-2H3,(H,18,19). The van der Waals surface area contributed by atoms with Crippen molar-refractivity contribution in [3.63, 3.8) is 0 Å². The number of nitrogens with one attached hydrogen (secondary N) is 1. The highest BCUT2D eigenvalue weighted by Gasteiger charge is 2.31. The summed E-state index contributed by atoms with van der Waals surface area (Å²) in [5.74, 6) is 0.304. The van der Waals surface area contributed by atoms with E-state index in [-0.39, 0.29) is 11.1 Å². The number of alkyl halides is 3. The molecule has 1 heterocycles. The van der Waals surface area contributed by atoms with E-state index in [4.69, 9.17) is 11.6 Å². The highest BCUT2D eigenvalue weighted by molar-refractivity contribution is 6.32. The van der Waals surface area contributed by atoms with E-state index in [2.05, 4.69) is 17.2 Å². The maximum Gasteiger partial charge on any atom is 0.417 e. The average Bonchev–Trinajstić information content (AvgIpc) is 2.31. The SMILES string of the molecule is CCCCCC(C)Nc1ncc(C(F)(F)F)cc1Cl. The molecule has 6 heteroatoms. The molecule has 0 aliphatic rings. The van der Waals surface area contributed by atoms with Crippen molar-refractivity contribution in [2.45, 2.75) is 51.7 Å². The molecule has 1 aromatic heterocycles. The third kappa shape index (κ3) is 5.27. The zero-order valence-corrected chi connectivity index (χ0v) is 11.8. The van der Waals surface area contributed by atoms with E-state index in [9.17, 15) is 13.2 Å². The van der Waals surface area contributed by atoms with Crippen molar-refractivity contribution >= 4 is 17.4 Å². The first-order valence-electron chi connectivity index (χ1n) is 6.34. The van der Waals surface area contributed by atoms with Crippen LogP contribution in [0.5, 0.6) is 0 Å². The predicted octanol–water partition coefficient (Wildman–Crippen LogP) is 5.13. The molecule has 1 atom stereocenters. The predicted molar refractivity (Wildman–Crippen MR) is 71.5 cm³/mol. The van der Waals surface area contributed by atoms with Crippen LogP contribution in [0.1, 0.15) is 45.1 Å². The Balaban J connectivity index is 2.65. The van der Waals surface area contributed by atoms with Crippen LogP contribution in [-0.4, -0.2) is 11.0 Å². The van der Waals surface area contributed by atoms with E-state index in [0.717, 1.165) is 37.9 Å². The fourth-order valence-corrected chi connectivity index (χ4v) is 1.93. The van der Waals surface area contributed by atoms with Gasteiger partial charge in [-0.2, -0.15) is 13.2 Å². The second-order valence-corrected chi connectivity index (χ2v) is 5.00. The molecule has 0 fully saturated rings. The van der Waals surface area contributed by atoms with Crippen LogP contribution in [0.4, 0.5) is 19.0 Å². The summed E-state index contributed by atoms with van der Waals surface area (Å²) in [5.41, 5.74) is -0.832. The van der Waals surface area contributed by atoms with Gasteiger partial charge in [0.05, 0.1) is 10.6 Å². The summed E-state index contributed by atoms with van der Waals surface area (Å²) in [6, 6.07) is 1.03. The molecule has 0 aliphatic carbocycles. The number of hydrogen-bond donors (Lipinski definition) is 1. The average molecular weight is 295 g/mol. The fourth-order valence-electron chi connectivity index (χ4n) is 1.71.